The molecule has 0 aliphatic carbocycles. The van der Waals surface area contributed by atoms with Crippen molar-refractivity contribution >= 4 is 23.4 Å². The maximum Gasteiger partial charge on any atom is 0.265 e. The van der Waals surface area contributed by atoms with Crippen molar-refractivity contribution in [2.24, 2.45) is 0 Å². The first-order chi connectivity index (χ1) is 9.47. The van der Waals surface area contributed by atoms with E-state index in [1.165, 1.54) is 11.8 Å². The van der Waals surface area contributed by atoms with Crippen LogP contribution in [0.25, 0.3) is 0 Å². The van der Waals surface area contributed by atoms with Crippen LogP contribution in [-0.4, -0.2) is 30.9 Å². The molecule has 0 radical (unpaired) electrons. The zero-order valence-corrected chi connectivity index (χ0v) is 11.2. The summed E-state index contributed by atoms with van der Waals surface area (Å²) in [5.74, 6) is -0.616. The Morgan fingerprint density at radius 2 is 2.10 bits per heavy atom. The van der Waals surface area contributed by atoms with Crippen LogP contribution in [0.1, 0.15) is 12.5 Å². The summed E-state index contributed by atoms with van der Waals surface area (Å²) in [6, 6.07) is 5.40. The van der Waals surface area contributed by atoms with Crippen LogP contribution in [0.5, 0.6) is 5.75 Å². The lowest BCUT2D eigenvalue weighted by Crippen LogP contribution is -2.49. The van der Waals surface area contributed by atoms with Crippen molar-refractivity contribution in [1.29, 1.82) is 0 Å². The number of amides is 3. The Labute approximate surface area is 115 Å². The molecule has 7 nitrogen and oxygen atoms in total. The molecule has 2 rings (SSSR count). The highest BCUT2D eigenvalue weighted by Crippen LogP contribution is 2.32. The third-order valence-electron chi connectivity index (χ3n) is 2.74. The molecule has 1 heterocycles. The van der Waals surface area contributed by atoms with Gasteiger partial charge in [0.15, 0.2) is 6.61 Å². The number of nitrogens with one attached hydrogen (secondary N) is 2. The first-order valence-corrected chi connectivity index (χ1v) is 6.06. The highest BCUT2D eigenvalue weighted by molar-refractivity contribution is 6.02. The van der Waals surface area contributed by atoms with Crippen molar-refractivity contribution in [3.05, 3.63) is 23.8 Å². The lowest BCUT2D eigenvalue weighted by atomic mass is 10.1. The van der Waals surface area contributed by atoms with Gasteiger partial charge in [0.25, 0.3) is 11.8 Å². The van der Waals surface area contributed by atoms with E-state index in [9.17, 15) is 14.4 Å². The summed E-state index contributed by atoms with van der Waals surface area (Å²) in [4.78, 5) is 35.6. The number of rotatable bonds is 2. The molecule has 0 spiro atoms. The first-order valence-electron chi connectivity index (χ1n) is 6.06. The number of ether oxygens (including phenoxy) is 1. The predicted molar refractivity (Wildman–Crippen MR) is 71.0 cm³/mol. The molecule has 0 aromatic heterocycles. The number of benzene rings is 1. The number of carbonyl (C=O) groups is 3. The Bertz CT molecular complexity index is 571. The quantitative estimate of drug-likeness (QED) is 0.738. The Kier molecular flexibility index (Phi) is 3.88. The van der Waals surface area contributed by atoms with Crippen molar-refractivity contribution in [2.75, 3.05) is 18.1 Å². The molecule has 0 fully saturated rings. The fraction of sp³-hybridized carbons (Fsp3) is 0.308. The molecule has 0 atom stereocenters. The second kappa shape index (κ2) is 5.60. The van der Waals surface area contributed by atoms with Crippen LogP contribution in [0.3, 0.4) is 0 Å². The molecule has 0 saturated heterocycles. The monoisotopic (exact) mass is 277 g/mol. The molecule has 3 amide bonds. The number of carbonyl (C=O) groups excluding carboxylic acids is 3. The zero-order chi connectivity index (χ0) is 14.7. The molecule has 1 aromatic rings. The van der Waals surface area contributed by atoms with Crippen LogP contribution < -0.4 is 20.5 Å². The van der Waals surface area contributed by atoms with Crippen LogP contribution in [0.2, 0.25) is 0 Å². The molecule has 20 heavy (non-hydrogen) atoms. The van der Waals surface area contributed by atoms with Gasteiger partial charge >= 0.3 is 0 Å². The smallest absolute Gasteiger partial charge is 0.265 e. The number of hydrogen-bond acceptors (Lipinski definition) is 4. The van der Waals surface area contributed by atoms with Gasteiger partial charge in [-0.25, -0.2) is 0 Å². The lowest BCUT2D eigenvalue weighted by molar-refractivity contribution is -0.128. The molecular formula is C13H15N3O4. The zero-order valence-electron chi connectivity index (χ0n) is 11.2. The summed E-state index contributed by atoms with van der Waals surface area (Å²) in [7, 11) is 0. The largest absolute Gasteiger partial charge is 0.482 e. The second-order valence-electron chi connectivity index (χ2n) is 4.47. The van der Waals surface area contributed by atoms with Gasteiger partial charge < -0.3 is 4.74 Å². The third-order valence-corrected chi connectivity index (χ3v) is 2.74. The Balaban J connectivity index is 2.15. The first kappa shape index (κ1) is 13.9. The van der Waals surface area contributed by atoms with Gasteiger partial charge in [0.2, 0.25) is 5.91 Å². The maximum absolute atomic E-state index is 11.9. The number of aryl methyl sites for hydroxylation is 1. The topological polar surface area (TPSA) is 87.7 Å². The summed E-state index contributed by atoms with van der Waals surface area (Å²) in [5, 5.41) is 0. The Morgan fingerprint density at radius 1 is 1.35 bits per heavy atom. The minimum Gasteiger partial charge on any atom is -0.482 e. The molecule has 1 aromatic carbocycles. The van der Waals surface area contributed by atoms with E-state index in [0.29, 0.717) is 11.4 Å². The maximum atomic E-state index is 11.9. The average Bonchev–Trinajstić information content (AvgIpc) is 2.40. The van der Waals surface area contributed by atoms with Gasteiger partial charge in [0, 0.05) is 6.92 Å². The summed E-state index contributed by atoms with van der Waals surface area (Å²) in [6.07, 6.45) is 0. The highest BCUT2D eigenvalue weighted by Gasteiger charge is 2.27. The van der Waals surface area contributed by atoms with E-state index < -0.39 is 5.91 Å². The van der Waals surface area contributed by atoms with E-state index >= 15 is 0 Å². The Hall–Kier alpha value is -2.57. The van der Waals surface area contributed by atoms with Crippen LogP contribution in [0.15, 0.2) is 18.2 Å². The molecule has 0 bridgehead atoms. The molecule has 2 N–H and O–H groups in total. The van der Waals surface area contributed by atoms with Crippen molar-refractivity contribution < 1.29 is 19.1 Å². The van der Waals surface area contributed by atoms with Crippen LogP contribution in [0, 0.1) is 6.92 Å². The summed E-state index contributed by atoms with van der Waals surface area (Å²) in [5.41, 5.74) is 5.91. The van der Waals surface area contributed by atoms with Crippen molar-refractivity contribution in [3.63, 3.8) is 0 Å². The summed E-state index contributed by atoms with van der Waals surface area (Å²) < 4.78 is 5.31. The van der Waals surface area contributed by atoms with Gasteiger partial charge in [-0.1, -0.05) is 6.07 Å². The average molecular weight is 277 g/mol. The molecule has 106 valence electrons. The lowest BCUT2D eigenvalue weighted by Gasteiger charge is -2.29. The minimum atomic E-state index is -0.483. The number of hydrazine groups is 1. The number of fused-ring (bicyclic) bond motifs is 1. The van der Waals surface area contributed by atoms with E-state index in [-0.39, 0.29) is 25.0 Å². The van der Waals surface area contributed by atoms with E-state index in [4.69, 9.17) is 4.74 Å². The fourth-order valence-electron chi connectivity index (χ4n) is 1.83. The summed E-state index contributed by atoms with van der Waals surface area (Å²) in [6.45, 7) is 2.87. The Morgan fingerprint density at radius 3 is 2.80 bits per heavy atom. The number of anilines is 1. The second-order valence-corrected chi connectivity index (χ2v) is 4.47. The van der Waals surface area contributed by atoms with Crippen molar-refractivity contribution in [2.45, 2.75) is 13.8 Å². The number of hydrogen-bond donors (Lipinski definition) is 2. The third kappa shape index (κ3) is 3.05. The fourth-order valence-corrected chi connectivity index (χ4v) is 1.83. The molecular weight excluding hydrogens is 262 g/mol. The van der Waals surface area contributed by atoms with Gasteiger partial charge in [-0.15, -0.1) is 0 Å². The molecule has 0 unspecified atom stereocenters. The van der Waals surface area contributed by atoms with Crippen LogP contribution >= 0.6 is 0 Å². The predicted octanol–water partition coefficient (Wildman–Crippen LogP) is -0.112. The van der Waals surface area contributed by atoms with E-state index in [1.807, 2.05) is 13.0 Å². The molecule has 0 saturated carbocycles. The van der Waals surface area contributed by atoms with Gasteiger partial charge in [0.05, 0.1) is 5.69 Å². The molecule has 1 aliphatic heterocycles. The van der Waals surface area contributed by atoms with Crippen molar-refractivity contribution in [1.82, 2.24) is 10.9 Å². The van der Waals surface area contributed by atoms with E-state index in [1.54, 1.807) is 12.1 Å². The van der Waals surface area contributed by atoms with Gasteiger partial charge in [0.1, 0.15) is 12.3 Å². The highest BCUT2D eigenvalue weighted by atomic mass is 16.5. The molecule has 7 heteroatoms. The number of nitrogens with zero attached hydrogens (tertiary/aromatic N) is 1. The van der Waals surface area contributed by atoms with Gasteiger partial charge in [-0.3, -0.25) is 30.1 Å². The van der Waals surface area contributed by atoms with E-state index in [2.05, 4.69) is 10.9 Å². The minimum absolute atomic E-state index is 0.108. The van der Waals surface area contributed by atoms with Crippen LogP contribution in [-0.2, 0) is 14.4 Å². The molecule has 1 aliphatic rings. The van der Waals surface area contributed by atoms with E-state index in [0.717, 1.165) is 5.56 Å². The normalized spacial score (nSPS) is 13.3. The standard InChI is InChI=1S/C13H15N3O4/c1-8-3-4-11-10(5-8)16(13(19)7-20-11)6-12(18)15-14-9(2)17/h3-5H,6-7H2,1-2H3,(H,14,17)(H,15,18). The summed E-state index contributed by atoms with van der Waals surface area (Å²) >= 11 is 0. The van der Waals surface area contributed by atoms with Crippen molar-refractivity contribution in [3.8, 4) is 5.75 Å². The van der Waals surface area contributed by atoms with Gasteiger partial charge in [-0.2, -0.15) is 0 Å². The van der Waals surface area contributed by atoms with Gasteiger partial charge in [-0.05, 0) is 24.6 Å². The van der Waals surface area contributed by atoms with Crippen LogP contribution in [0.4, 0.5) is 5.69 Å². The SMILES string of the molecule is CC(=O)NNC(=O)CN1C(=O)COc2ccc(C)cc21.